The van der Waals surface area contributed by atoms with Gasteiger partial charge < -0.3 is 9.64 Å². The number of hydrogen-bond acceptors (Lipinski definition) is 5. The van der Waals surface area contributed by atoms with Crippen molar-refractivity contribution in [1.29, 1.82) is 0 Å². The zero-order valence-corrected chi connectivity index (χ0v) is 20.0. The first-order valence-electron chi connectivity index (χ1n) is 11.6. The van der Waals surface area contributed by atoms with Gasteiger partial charge in [0.15, 0.2) is 12.4 Å². The van der Waals surface area contributed by atoms with E-state index < -0.39 is 5.97 Å². The highest BCUT2D eigenvalue weighted by atomic mass is 16.5. The first kappa shape index (κ1) is 22.5. The molecule has 5 rings (SSSR count). The molecule has 0 N–H and O–H groups in total. The van der Waals surface area contributed by atoms with E-state index in [0.29, 0.717) is 22.2 Å². The summed E-state index contributed by atoms with van der Waals surface area (Å²) in [7, 11) is 1.95. The smallest absolute Gasteiger partial charge is 0.339 e. The highest BCUT2D eigenvalue weighted by Gasteiger charge is 2.38. The minimum atomic E-state index is -0.546. The van der Waals surface area contributed by atoms with Gasteiger partial charge in [0, 0.05) is 40.9 Å². The summed E-state index contributed by atoms with van der Waals surface area (Å²) in [5.74, 6) is -0.808. The van der Waals surface area contributed by atoms with Gasteiger partial charge in [-0.2, -0.15) is 0 Å². The van der Waals surface area contributed by atoms with Gasteiger partial charge in [-0.15, -0.1) is 0 Å². The van der Waals surface area contributed by atoms with Crippen LogP contribution in [0.2, 0.25) is 0 Å². The Labute approximate surface area is 204 Å². The molecule has 0 saturated heterocycles. The molecule has 0 atom stereocenters. The Morgan fingerprint density at radius 2 is 1.63 bits per heavy atom. The van der Waals surface area contributed by atoms with Crippen molar-refractivity contribution in [2.45, 2.75) is 19.3 Å². The molecule has 1 aliphatic heterocycles. The van der Waals surface area contributed by atoms with Crippen molar-refractivity contribution in [3.63, 3.8) is 0 Å². The van der Waals surface area contributed by atoms with Gasteiger partial charge in [-0.1, -0.05) is 80.6 Å². The number of aromatic nitrogens is 1. The van der Waals surface area contributed by atoms with E-state index in [2.05, 4.69) is 19.9 Å². The second kappa shape index (κ2) is 8.84. The zero-order valence-electron chi connectivity index (χ0n) is 20.0. The maximum Gasteiger partial charge on any atom is 0.339 e. The quantitative estimate of drug-likeness (QED) is 0.271. The van der Waals surface area contributed by atoms with Crippen LogP contribution >= 0.6 is 0 Å². The predicted molar refractivity (Wildman–Crippen MR) is 138 cm³/mol. The lowest BCUT2D eigenvalue weighted by atomic mass is 9.83. The van der Waals surface area contributed by atoms with E-state index in [0.717, 1.165) is 22.5 Å². The molecule has 0 saturated carbocycles. The number of nitrogens with zero attached hydrogens (tertiary/aromatic N) is 2. The number of para-hydroxylation sites is 2. The Balaban J connectivity index is 1.39. The summed E-state index contributed by atoms with van der Waals surface area (Å²) in [6, 6.07) is 27.0. The molecule has 0 aliphatic carbocycles. The SMILES string of the molecule is CN1C(=CC(=O)COC(=O)c2cc(-c3ccccc3)nc3ccccc23)C(C)(C)c2ccccc21. The summed E-state index contributed by atoms with van der Waals surface area (Å²) in [4.78, 5) is 32.7. The second-order valence-corrected chi connectivity index (χ2v) is 9.21. The van der Waals surface area contributed by atoms with Gasteiger partial charge >= 0.3 is 5.97 Å². The number of likely N-dealkylation sites (N-methyl/N-ethyl adjacent to an activating group) is 1. The molecule has 1 aromatic heterocycles. The number of rotatable bonds is 5. The van der Waals surface area contributed by atoms with Crippen LogP contribution in [0.4, 0.5) is 5.69 Å². The summed E-state index contributed by atoms with van der Waals surface area (Å²) >= 11 is 0. The average Bonchev–Trinajstić information content (AvgIpc) is 3.07. The number of allylic oxidation sites excluding steroid dienone is 1. The van der Waals surface area contributed by atoms with Gasteiger partial charge in [0.2, 0.25) is 0 Å². The van der Waals surface area contributed by atoms with Crippen LogP contribution < -0.4 is 4.90 Å². The number of ether oxygens (including phenoxy) is 1. The monoisotopic (exact) mass is 462 g/mol. The molecule has 5 nitrogen and oxygen atoms in total. The number of anilines is 1. The van der Waals surface area contributed by atoms with Crippen molar-refractivity contribution in [2.75, 3.05) is 18.6 Å². The molecule has 0 amide bonds. The van der Waals surface area contributed by atoms with E-state index in [1.807, 2.05) is 84.7 Å². The second-order valence-electron chi connectivity index (χ2n) is 9.21. The van der Waals surface area contributed by atoms with E-state index >= 15 is 0 Å². The first-order chi connectivity index (χ1) is 16.9. The summed E-state index contributed by atoms with van der Waals surface area (Å²) in [6.45, 7) is 3.85. The molecule has 0 bridgehead atoms. The summed E-state index contributed by atoms with van der Waals surface area (Å²) in [5.41, 5.74) is 5.45. The maximum atomic E-state index is 13.1. The highest BCUT2D eigenvalue weighted by molar-refractivity contribution is 6.05. The number of pyridine rings is 1. The molecule has 35 heavy (non-hydrogen) atoms. The van der Waals surface area contributed by atoms with Crippen LogP contribution in [0.25, 0.3) is 22.2 Å². The number of carbonyl (C=O) groups is 2. The molecule has 174 valence electrons. The third-order valence-electron chi connectivity index (χ3n) is 6.59. The van der Waals surface area contributed by atoms with E-state index in [1.165, 1.54) is 0 Å². The molecular weight excluding hydrogens is 436 g/mol. The lowest BCUT2D eigenvalue weighted by Crippen LogP contribution is -2.25. The van der Waals surface area contributed by atoms with Gasteiger partial charge in [0.05, 0.1) is 16.8 Å². The predicted octanol–water partition coefficient (Wildman–Crippen LogP) is 5.94. The van der Waals surface area contributed by atoms with Crippen molar-refractivity contribution < 1.29 is 14.3 Å². The Bertz CT molecular complexity index is 1470. The van der Waals surface area contributed by atoms with Crippen LogP contribution in [0.1, 0.15) is 29.8 Å². The first-order valence-corrected chi connectivity index (χ1v) is 11.6. The summed E-state index contributed by atoms with van der Waals surface area (Å²) < 4.78 is 5.50. The number of benzene rings is 3. The van der Waals surface area contributed by atoms with E-state index in [-0.39, 0.29) is 17.8 Å². The Morgan fingerprint density at radius 1 is 0.943 bits per heavy atom. The van der Waals surface area contributed by atoms with Crippen molar-refractivity contribution in [2.24, 2.45) is 0 Å². The standard InChI is InChI=1S/C30H26N2O3/c1-30(2)24-14-8-10-16-27(24)32(3)28(30)17-21(33)19-35-29(34)23-18-26(20-11-5-4-6-12-20)31-25-15-9-7-13-22(23)25/h4-18H,19H2,1-3H3. The Kier molecular flexibility index (Phi) is 5.69. The average molecular weight is 463 g/mol. The maximum absolute atomic E-state index is 13.1. The highest BCUT2D eigenvalue weighted by Crippen LogP contribution is 2.46. The molecule has 4 aromatic rings. The van der Waals surface area contributed by atoms with Crippen molar-refractivity contribution in [3.05, 3.63) is 108 Å². The van der Waals surface area contributed by atoms with Crippen LogP contribution in [-0.4, -0.2) is 30.4 Å². The molecule has 0 radical (unpaired) electrons. The van der Waals surface area contributed by atoms with Crippen molar-refractivity contribution >= 4 is 28.3 Å². The zero-order chi connectivity index (χ0) is 24.6. The number of hydrogen-bond donors (Lipinski definition) is 0. The number of fused-ring (bicyclic) bond motifs is 2. The Morgan fingerprint density at radius 3 is 2.40 bits per heavy atom. The number of esters is 1. The minimum absolute atomic E-state index is 0.261. The van der Waals surface area contributed by atoms with Gasteiger partial charge in [-0.05, 0) is 23.8 Å². The van der Waals surface area contributed by atoms with Crippen LogP contribution in [0.5, 0.6) is 0 Å². The van der Waals surface area contributed by atoms with Gasteiger partial charge in [-0.3, -0.25) is 4.79 Å². The lowest BCUT2D eigenvalue weighted by molar-refractivity contribution is -0.117. The van der Waals surface area contributed by atoms with Gasteiger partial charge in [0.25, 0.3) is 0 Å². The fraction of sp³-hybridized carbons (Fsp3) is 0.167. The van der Waals surface area contributed by atoms with Crippen LogP contribution in [0, 0.1) is 0 Å². The van der Waals surface area contributed by atoms with Crippen LogP contribution in [0.15, 0.2) is 96.7 Å². The summed E-state index contributed by atoms with van der Waals surface area (Å²) in [6.07, 6.45) is 1.59. The number of carbonyl (C=O) groups excluding carboxylic acids is 2. The topological polar surface area (TPSA) is 59.5 Å². The van der Waals surface area contributed by atoms with Crippen LogP contribution in [0.3, 0.4) is 0 Å². The van der Waals surface area contributed by atoms with Gasteiger partial charge in [0.1, 0.15) is 0 Å². The van der Waals surface area contributed by atoms with E-state index in [1.54, 1.807) is 12.1 Å². The van der Waals surface area contributed by atoms with Crippen molar-refractivity contribution in [3.8, 4) is 11.3 Å². The third-order valence-corrected chi connectivity index (χ3v) is 6.59. The summed E-state index contributed by atoms with van der Waals surface area (Å²) in [5, 5.41) is 0.690. The van der Waals surface area contributed by atoms with E-state index in [4.69, 9.17) is 9.72 Å². The molecular formula is C30H26N2O3. The number of ketones is 1. The molecule has 0 fully saturated rings. The largest absolute Gasteiger partial charge is 0.454 e. The van der Waals surface area contributed by atoms with E-state index in [9.17, 15) is 9.59 Å². The fourth-order valence-corrected chi connectivity index (χ4v) is 4.77. The lowest BCUT2D eigenvalue weighted by Gasteiger charge is -2.23. The third kappa shape index (κ3) is 4.10. The molecule has 5 heteroatoms. The van der Waals surface area contributed by atoms with Crippen molar-refractivity contribution in [1.82, 2.24) is 4.98 Å². The molecule has 1 aliphatic rings. The Hall–Kier alpha value is -4.25. The fourth-order valence-electron chi connectivity index (χ4n) is 4.77. The molecule has 2 heterocycles. The van der Waals surface area contributed by atoms with Gasteiger partial charge in [-0.25, -0.2) is 9.78 Å². The minimum Gasteiger partial charge on any atom is -0.454 e. The van der Waals surface area contributed by atoms with Crippen LogP contribution in [-0.2, 0) is 14.9 Å². The normalized spacial score (nSPS) is 15.3. The molecule has 0 unspecified atom stereocenters. The molecule has 0 spiro atoms. The molecule has 3 aromatic carbocycles.